The first-order chi connectivity index (χ1) is 9.08. The van der Waals surface area contributed by atoms with Crippen LogP contribution in [0, 0.1) is 0 Å². The van der Waals surface area contributed by atoms with E-state index in [4.69, 9.17) is 9.47 Å². The number of nitrogens with zero attached hydrogens (tertiary/aromatic N) is 4. The lowest BCUT2D eigenvalue weighted by Crippen LogP contribution is -2.26. The van der Waals surface area contributed by atoms with Crippen molar-refractivity contribution in [2.45, 2.75) is 20.4 Å². The molecule has 9 heteroatoms. The Balaban J connectivity index is 2.61. The molecule has 0 aromatic carbocycles. The fraction of sp³-hybridized carbons (Fsp3) is 0.600. The van der Waals surface area contributed by atoms with Crippen LogP contribution in [0.1, 0.15) is 13.8 Å². The highest BCUT2D eigenvalue weighted by Gasteiger charge is 2.07. The van der Waals surface area contributed by atoms with Gasteiger partial charge in [0.05, 0.1) is 13.7 Å². The smallest absolute Gasteiger partial charge is 0.328 e. The average Bonchev–Trinajstić information content (AvgIpc) is 2.74. The van der Waals surface area contributed by atoms with Crippen molar-refractivity contribution in [1.29, 1.82) is 0 Å². The standard InChI is InChI=1S/C10H16N4O4S/c1-4-18-7-14(8(2)15)11-5-6-13-10(16)19-9(12-13)17-3/h5H,4,6-7H2,1-3H3. The first-order valence-electron chi connectivity index (χ1n) is 5.58. The number of aromatic nitrogens is 2. The van der Waals surface area contributed by atoms with Crippen LogP contribution in [0.2, 0.25) is 0 Å². The monoisotopic (exact) mass is 288 g/mol. The summed E-state index contributed by atoms with van der Waals surface area (Å²) in [5.41, 5.74) is 0. The second-order valence-corrected chi connectivity index (χ2v) is 4.26. The van der Waals surface area contributed by atoms with Crippen LogP contribution in [0.15, 0.2) is 9.90 Å². The van der Waals surface area contributed by atoms with Crippen molar-refractivity contribution >= 4 is 23.5 Å². The van der Waals surface area contributed by atoms with E-state index in [0.717, 1.165) is 16.3 Å². The summed E-state index contributed by atoms with van der Waals surface area (Å²) >= 11 is 0.901. The summed E-state index contributed by atoms with van der Waals surface area (Å²) in [4.78, 5) is 22.4. The molecule has 0 saturated heterocycles. The van der Waals surface area contributed by atoms with Crippen molar-refractivity contribution in [2.75, 3.05) is 20.4 Å². The van der Waals surface area contributed by atoms with Crippen LogP contribution in [0.4, 0.5) is 0 Å². The number of hydrogen-bond donors (Lipinski definition) is 0. The van der Waals surface area contributed by atoms with Gasteiger partial charge in [0.25, 0.3) is 5.19 Å². The minimum atomic E-state index is -0.248. The summed E-state index contributed by atoms with van der Waals surface area (Å²) in [5, 5.41) is 9.29. The highest BCUT2D eigenvalue weighted by molar-refractivity contribution is 7.10. The second kappa shape index (κ2) is 7.64. The molecular weight excluding hydrogens is 272 g/mol. The Morgan fingerprint density at radius 1 is 1.63 bits per heavy atom. The van der Waals surface area contributed by atoms with Crippen molar-refractivity contribution in [3.8, 4) is 5.19 Å². The molecule has 0 aliphatic heterocycles. The maximum atomic E-state index is 11.5. The molecule has 0 unspecified atom stereocenters. The molecule has 106 valence electrons. The van der Waals surface area contributed by atoms with E-state index in [1.807, 2.05) is 6.92 Å². The van der Waals surface area contributed by atoms with E-state index in [-0.39, 0.29) is 29.2 Å². The van der Waals surface area contributed by atoms with Gasteiger partial charge in [0.2, 0.25) is 5.91 Å². The maximum Gasteiger partial charge on any atom is 0.328 e. The zero-order valence-electron chi connectivity index (χ0n) is 11.0. The molecule has 0 spiro atoms. The van der Waals surface area contributed by atoms with E-state index in [9.17, 15) is 9.59 Å². The number of amides is 1. The summed E-state index contributed by atoms with van der Waals surface area (Å²) < 4.78 is 11.1. The van der Waals surface area contributed by atoms with E-state index in [1.165, 1.54) is 24.9 Å². The minimum Gasteiger partial charge on any atom is -0.472 e. The summed E-state index contributed by atoms with van der Waals surface area (Å²) in [5.74, 6) is -0.243. The fourth-order valence-electron chi connectivity index (χ4n) is 1.08. The quantitative estimate of drug-likeness (QED) is 0.405. The van der Waals surface area contributed by atoms with Crippen molar-refractivity contribution in [3.05, 3.63) is 9.67 Å². The molecular formula is C10H16N4O4S. The van der Waals surface area contributed by atoms with E-state index >= 15 is 0 Å². The van der Waals surface area contributed by atoms with Crippen molar-refractivity contribution in [2.24, 2.45) is 5.10 Å². The minimum absolute atomic E-state index is 0.0810. The number of hydrogen-bond acceptors (Lipinski definition) is 7. The van der Waals surface area contributed by atoms with Gasteiger partial charge >= 0.3 is 4.87 Å². The molecule has 0 aliphatic carbocycles. The van der Waals surface area contributed by atoms with E-state index < -0.39 is 0 Å². The molecule has 0 aliphatic rings. The van der Waals surface area contributed by atoms with Gasteiger partial charge in [-0.25, -0.2) is 9.69 Å². The van der Waals surface area contributed by atoms with Gasteiger partial charge in [-0.05, 0) is 18.3 Å². The molecule has 8 nitrogen and oxygen atoms in total. The molecule has 1 rings (SSSR count). The fourth-order valence-corrected chi connectivity index (χ4v) is 1.67. The zero-order valence-corrected chi connectivity index (χ0v) is 11.8. The Bertz CT molecular complexity index is 496. The first-order valence-corrected chi connectivity index (χ1v) is 6.40. The summed E-state index contributed by atoms with van der Waals surface area (Å²) in [7, 11) is 1.44. The number of carbonyl (C=O) groups is 1. The third-order valence-corrected chi connectivity index (χ3v) is 2.83. The second-order valence-electron chi connectivity index (χ2n) is 3.36. The van der Waals surface area contributed by atoms with Crippen LogP contribution < -0.4 is 9.61 Å². The first kappa shape index (κ1) is 15.3. The van der Waals surface area contributed by atoms with Gasteiger partial charge in [-0.15, -0.1) is 5.10 Å². The number of methoxy groups -OCH3 is 1. The van der Waals surface area contributed by atoms with Crippen molar-refractivity contribution in [1.82, 2.24) is 14.8 Å². The molecule has 1 amide bonds. The number of ether oxygens (including phenoxy) is 2. The van der Waals surface area contributed by atoms with Gasteiger partial charge < -0.3 is 9.47 Å². The van der Waals surface area contributed by atoms with Crippen LogP contribution in [0.3, 0.4) is 0 Å². The molecule has 0 fully saturated rings. The SMILES string of the molecule is CCOCN(N=CCn1nc(OC)sc1=O)C(C)=O. The highest BCUT2D eigenvalue weighted by Crippen LogP contribution is 2.07. The van der Waals surface area contributed by atoms with Gasteiger partial charge in [0.15, 0.2) is 0 Å². The van der Waals surface area contributed by atoms with Crippen LogP contribution in [0.5, 0.6) is 5.19 Å². The highest BCUT2D eigenvalue weighted by atomic mass is 32.1. The molecule has 19 heavy (non-hydrogen) atoms. The normalized spacial score (nSPS) is 10.9. The molecule has 1 aromatic rings. The van der Waals surface area contributed by atoms with Gasteiger partial charge in [0.1, 0.15) is 6.73 Å². The van der Waals surface area contributed by atoms with Crippen LogP contribution in [-0.4, -0.2) is 47.4 Å². The number of carbonyl (C=O) groups excluding carboxylic acids is 1. The molecule has 0 radical (unpaired) electrons. The maximum absolute atomic E-state index is 11.5. The van der Waals surface area contributed by atoms with E-state index in [0.29, 0.717) is 6.61 Å². The van der Waals surface area contributed by atoms with E-state index in [2.05, 4.69) is 10.2 Å². The van der Waals surface area contributed by atoms with Crippen LogP contribution in [-0.2, 0) is 16.1 Å². The lowest BCUT2D eigenvalue weighted by Gasteiger charge is -2.13. The van der Waals surface area contributed by atoms with Crippen molar-refractivity contribution in [3.63, 3.8) is 0 Å². The molecule has 0 N–H and O–H groups in total. The Labute approximate surface area is 114 Å². The van der Waals surface area contributed by atoms with E-state index in [1.54, 1.807) is 0 Å². The zero-order chi connectivity index (χ0) is 14.3. The molecule has 0 atom stereocenters. The lowest BCUT2D eigenvalue weighted by atomic mass is 10.7. The average molecular weight is 288 g/mol. The Morgan fingerprint density at radius 2 is 2.37 bits per heavy atom. The molecule has 1 heterocycles. The summed E-state index contributed by atoms with van der Waals surface area (Å²) in [6.45, 7) is 3.94. The van der Waals surface area contributed by atoms with Crippen LogP contribution in [0.25, 0.3) is 0 Å². The van der Waals surface area contributed by atoms with Gasteiger partial charge in [-0.2, -0.15) is 5.10 Å². The molecule has 0 bridgehead atoms. The van der Waals surface area contributed by atoms with Gasteiger partial charge in [-0.3, -0.25) is 9.59 Å². The number of hydrazone groups is 1. The van der Waals surface area contributed by atoms with Gasteiger partial charge in [-0.1, -0.05) is 0 Å². The molecule has 0 saturated carbocycles. The van der Waals surface area contributed by atoms with Crippen LogP contribution >= 0.6 is 11.3 Å². The number of rotatable bonds is 7. The predicted octanol–water partition coefficient (Wildman–Crippen LogP) is 0.142. The van der Waals surface area contributed by atoms with Gasteiger partial charge in [0, 0.05) is 19.7 Å². The third-order valence-electron chi connectivity index (χ3n) is 2.02. The lowest BCUT2D eigenvalue weighted by molar-refractivity contribution is -0.134. The Hall–Kier alpha value is -1.74. The van der Waals surface area contributed by atoms with Crippen molar-refractivity contribution < 1.29 is 14.3 Å². The summed E-state index contributed by atoms with van der Waals surface area (Å²) in [6, 6.07) is 0. The predicted molar refractivity (Wildman–Crippen MR) is 70.4 cm³/mol. The Kier molecular flexibility index (Phi) is 6.16. The Morgan fingerprint density at radius 3 is 2.89 bits per heavy atom. The largest absolute Gasteiger partial charge is 0.472 e. The molecule has 1 aromatic heterocycles. The third kappa shape index (κ3) is 4.79. The topological polar surface area (TPSA) is 86.0 Å². The summed E-state index contributed by atoms with van der Waals surface area (Å²) in [6.07, 6.45) is 1.42.